The number of nitrogens with zero attached hydrogens (tertiary/aromatic N) is 2. The third-order valence-corrected chi connectivity index (χ3v) is 7.64. The van der Waals surface area contributed by atoms with Gasteiger partial charge in [-0.1, -0.05) is 23.7 Å². The number of carbonyl (C=O) groups excluding carboxylic acids is 1. The number of rotatable bonds is 6. The zero-order chi connectivity index (χ0) is 23.6. The quantitative estimate of drug-likeness (QED) is 0.626. The summed E-state index contributed by atoms with van der Waals surface area (Å²) in [5, 5.41) is 0.289. The summed E-state index contributed by atoms with van der Waals surface area (Å²) in [4.78, 5) is 15.0. The molecule has 9 heteroatoms. The van der Waals surface area contributed by atoms with Crippen molar-refractivity contribution >= 4 is 27.5 Å². The summed E-state index contributed by atoms with van der Waals surface area (Å²) >= 11 is 6.36. The van der Waals surface area contributed by atoms with E-state index in [1.807, 2.05) is 32.9 Å². The lowest BCUT2D eigenvalue weighted by Gasteiger charge is -2.34. The predicted molar refractivity (Wildman–Crippen MR) is 124 cm³/mol. The van der Waals surface area contributed by atoms with Crippen LogP contribution in [-0.4, -0.2) is 62.9 Å². The number of methoxy groups -OCH3 is 1. The van der Waals surface area contributed by atoms with E-state index in [1.165, 1.54) is 11.4 Å². The zero-order valence-electron chi connectivity index (χ0n) is 19.0. The number of hydrogen-bond donors (Lipinski definition) is 0. The Bertz CT molecular complexity index is 1110. The second-order valence-electron chi connectivity index (χ2n) is 8.12. The average Bonchev–Trinajstić information content (AvgIpc) is 2.75. The van der Waals surface area contributed by atoms with Gasteiger partial charge in [0, 0.05) is 31.7 Å². The first kappa shape index (κ1) is 24.4. The van der Waals surface area contributed by atoms with E-state index >= 15 is 0 Å². The van der Waals surface area contributed by atoms with Crippen LogP contribution in [0.5, 0.6) is 11.5 Å². The molecule has 0 spiro atoms. The Morgan fingerprint density at radius 1 is 1.06 bits per heavy atom. The first-order valence-electron chi connectivity index (χ1n) is 10.5. The van der Waals surface area contributed by atoms with Crippen molar-refractivity contribution in [3.8, 4) is 11.5 Å². The van der Waals surface area contributed by atoms with E-state index in [9.17, 15) is 13.2 Å². The zero-order valence-corrected chi connectivity index (χ0v) is 20.6. The number of halogens is 1. The Morgan fingerprint density at radius 2 is 1.72 bits per heavy atom. The van der Waals surface area contributed by atoms with E-state index in [4.69, 9.17) is 21.1 Å². The van der Waals surface area contributed by atoms with E-state index in [0.717, 1.165) is 5.56 Å². The van der Waals surface area contributed by atoms with Gasteiger partial charge >= 0.3 is 0 Å². The van der Waals surface area contributed by atoms with Crippen LogP contribution < -0.4 is 9.47 Å². The second kappa shape index (κ2) is 9.68. The summed E-state index contributed by atoms with van der Waals surface area (Å²) in [5.41, 5.74) is 1.96. The van der Waals surface area contributed by atoms with Crippen molar-refractivity contribution < 1.29 is 22.7 Å². The first-order chi connectivity index (χ1) is 15.0. The molecular formula is C23H29ClN2O5S. The van der Waals surface area contributed by atoms with Crippen molar-refractivity contribution in [1.82, 2.24) is 9.21 Å². The van der Waals surface area contributed by atoms with Crippen LogP contribution in [0.25, 0.3) is 0 Å². The summed E-state index contributed by atoms with van der Waals surface area (Å²) in [6, 6.07) is 8.55. The van der Waals surface area contributed by atoms with Crippen LogP contribution in [-0.2, 0) is 10.0 Å². The molecule has 1 fully saturated rings. The standard InChI is InChI=1S/C23H29ClN2O5S/c1-15(2)31-22-19(24)13-18(14-20(22)30-5)23(27)25-8-10-26(11-9-25)32(28,29)21-12-16(3)6-7-17(21)4/h6-7,12-15H,8-11H2,1-5H3. The van der Waals surface area contributed by atoms with Crippen LogP contribution in [0.2, 0.25) is 5.02 Å². The Balaban J connectivity index is 1.76. The Kier molecular flexibility index (Phi) is 7.37. The number of piperazine rings is 1. The fourth-order valence-electron chi connectivity index (χ4n) is 3.63. The molecule has 2 aromatic rings. The summed E-state index contributed by atoms with van der Waals surface area (Å²) in [6.07, 6.45) is -0.102. The monoisotopic (exact) mass is 480 g/mol. The van der Waals surface area contributed by atoms with Crippen LogP contribution in [0, 0.1) is 13.8 Å². The van der Waals surface area contributed by atoms with Gasteiger partial charge in [0.1, 0.15) is 0 Å². The van der Waals surface area contributed by atoms with Gasteiger partial charge in [-0.05, 0) is 57.0 Å². The third kappa shape index (κ3) is 5.03. The lowest BCUT2D eigenvalue weighted by Crippen LogP contribution is -2.50. The Morgan fingerprint density at radius 3 is 2.31 bits per heavy atom. The number of amides is 1. The van der Waals surface area contributed by atoms with Crippen LogP contribution in [0.1, 0.15) is 35.3 Å². The number of benzene rings is 2. The molecule has 1 amide bonds. The fraction of sp³-hybridized carbons (Fsp3) is 0.435. The minimum Gasteiger partial charge on any atom is -0.493 e. The molecule has 32 heavy (non-hydrogen) atoms. The van der Waals surface area contributed by atoms with Crippen LogP contribution >= 0.6 is 11.6 Å². The van der Waals surface area contributed by atoms with Crippen molar-refractivity contribution in [3.05, 3.63) is 52.0 Å². The highest BCUT2D eigenvalue weighted by Gasteiger charge is 2.32. The van der Waals surface area contributed by atoms with Crippen molar-refractivity contribution in [1.29, 1.82) is 0 Å². The van der Waals surface area contributed by atoms with Crippen molar-refractivity contribution in [2.45, 2.75) is 38.7 Å². The van der Waals surface area contributed by atoms with E-state index in [1.54, 1.807) is 30.0 Å². The summed E-state index contributed by atoms with van der Waals surface area (Å²) in [6.45, 7) is 8.42. The first-order valence-corrected chi connectivity index (χ1v) is 12.3. The highest BCUT2D eigenvalue weighted by molar-refractivity contribution is 7.89. The molecule has 0 atom stereocenters. The van der Waals surface area contributed by atoms with Crippen molar-refractivity contribution in [3.63, 3.8) is 0 Å². The molecule has 1 heterocycles. The van der Waals surface area contributed by atoms with E-state index < -0.39 is 10.0 Å². The van der Waals surface area contributed by atoms with Gasteiger partial charge in [0.2, 0.25) is 10.0 Å². The second-order valence-corrected chi connectivity index (χ2v) is 10.4. The lowest BCUT2D eigenvalue weighted by molar-refractivity contribution is 0.0697. The lowest BCUT2D eigenvalue weighted by atomic mass is 10.1. The third-order valence-electron chi connectivity index (χ3n) is 5.32. The maximum Gasteiger partial charge on any atom is 0.254 e. The molecule has 0 radical (unpaired) electrons. The van der Waals surface area contributed by atoms with E-state index in [2.05, 4.69) is 0 Å². The fourth-order valence-corrected chi connectivity index (χ4v) is 5.62. The van der Waals surface area contributed by atoms with Gasteiger partial charge in [-0.2, -0.15) is 4.31 Å². The van der Waals surface area contributed by atoms with Gasteiger partial charge in [-0.3, -0.25) is 4.79 Å². The summed E-state index contributed by atoms with van der Waals surface area (Å²) < 4.78 is 38.8. The summed E-state index contributed by atoms with van der Waals surface area (Å²) in [7, 11) is -2.14. The topological polar surface area (TPSA) is 76.2 Å². The maximum absolute atomic E-state index is 13.1. The number of sulfonamides is 1. The largest absolute Gasteiger partial charge is 0.493 e. The van der Waals surface area contributed by atoms with Gasteiger partial charge in [0.05, 0.1) is 23.1 Å². The Labute approximate surface area is 194 Å². The van der Waals surface area contributed by atoms with Crippen LogP contribution in [0.3, 0.4) is 0 Å². The predicted octanol–water partition coefficient (Wildman–Crippen LogP) is 3.90. The van der Waals surface area contributed by atoms with Gasteiger partial charge in [0.25, 0.3) is 5.91 Å². The number of hydrogen-bond acceptors (Lipinski definition) is 5. The summed E-state index contributed by atoms with van der Waals surface area (Å²) in [5.74, 6) is 0.543. The van der Waals surface area contributed by atoms with E-state index in [-0.39, 0.29) is 43.2 Å². The van der Waals surface area contributed by atoms with Gasteiger partial charge < -0.3 is 14.4 Å². The molecule has 1 aliphatic rings. The molecule has 1 aliphatic heterocycles. The normalized spacial score (nSPS) is 15.2. The van der Waals surface area contributed by atoms with Crippen molar-refractivity contribution in [2.24, 2.45) is 0 Å². The van der Waals surface area contributed by atoms with Crippen molar-refractivity contribution in [2.75, 3.05) is 33.3 Å². The highest BCUT2D eigenvalue weighted by atomic mass is 35.5. The minimum absolute atomic E-state index is 0.102. The Hall–Kier alpha value is -2.29. The molecule has 0 aliphatic carbocycles. The van der Waals surface area contributed by atoms with Gasteiger partial charge in [-0.25, -0.2) is 8.42 Å². The highest BCUT2D eigenvalue weighted by Crippen LogP contribution is 2.37. The van der Waals surface area contributed by atoms with Crippen LogP contribution in [0.15, 0.2) is 35.2 Å². The number of ether oxygens (including phenoxy) is 2. The minimum atomic E-state index is -3.63. The SMILES string of the molecule is COc1cc(C(=O)N2CCN(S(=O)(=O)c3cc(C)ccc3C)CC2)cc(Cl)c1OC(C)C. The molecule has 7 nitrogen and oxygen atoms in total. The smallest absolute Gasteiger partial charge is 0.254 e. The molecule has 174 valence electrons. The number of aryl methyl sites for hydroxylation is 2. The molecule has 1 saturated heterocycles. The average molecular weight is 481 g/mol. The molecule has 0 saturated carbocycles. The molecule has 0 aromatic heterocycles. The molecule has 0 N–H and O–H groups in total. The number of carbonyl (C=O) groups is 1. The molecule has 2 aromatic carbocycles. The molecule has 0 bridgehead atoms. The van der Waals surface area contributed by atoms with E-state index in [0.29, 0.717) is 27.5 Å². The molecule has 3 rings (SSSR count). The van der Waals surface area contributed by atoms with Gasteiger partial charge in [-0.15, -0.1) is 0 Å². The maximum atomic E-state index is 13.1. The molecular weight excluding hydrogens is 452 g/mol. The van der Waals surface area contributed by atoms with Gasteiger partial charge in [0.15, 0.2) is 11.5 Å². The molecule has 0 unspecified atom stereocenters. The van der Waals surface area contributed by atoms with Crippen LogP contribution in [0.4, 0.5) is 0 Å².